The van der Waals surface area contributed by atoms with Crippen molar-refractivity contribution < 1.29 is 0 Å². The normalized spacial score (nSPS) is 12.7. The van der Waals surface area contributed by atoms with E-state index in [9.17, 15) is 0 Å². The molecule has 1 unspecified atom stereocenters. The van der Waals surface area contributed by atoms with Crippen LogP contribution in [0.15, 0.2) is 36.0 Å². The number of hydrogen-bond donors (Lipinski definition) is 1. The van der Waals surface area contributed by atoms with E-state index in [1.54, 1.807) is 17.5 Å². The fourth-order valence-electron chi connectivity index (χ4n) is 1.95. The Labute approximate surface area is 115 Å². The molecule has 4 nitrogen and oxygen atoms in total. The number of thiophene rings is 1. The predicted molar refractivity (Wildman–Crippen MR) is 78.0 cm³/mol. The first-order valence-electron chi connectivity index (χ1n) is 6.13. The molecule has 0 aliphatic heterocycles. The Morgan fingerprint density at radius 3 is 3.05 bits per heavy atom. The van der Waals surface area contributed by atoms with Gasteiger partial charge in [0.15, 0.2) is 5.82 Å². The van der Waals surface area contributed by atoms with Gasteiger partial charge in [-0.25, -0.2) is 9.97 Å². The number of fused-ring (bicyclic) bond motifs is 1. The van der Waals surface area contributed by atoms with Crippen LogP contribution in [0.2, 0.25) is 0 Å². The van der Waals surface area contributed by atoms with Gasteiger partial charge in [-0.2, -0.15) is 0 Å². The number of nitrogens with zero attached hydrogens (tertiary/aromatic N) is 3. The first kappa shape index (κ1) is 12.2. The molecule has 2 N–H and O–H groups in total. The van der Waals surface area contributed by atoms with Gasteiger partial charge in [0.05, 0.1) is 10.2 Å². The number of nitrogens with two attached hydrogens (primary N) is 1. The summed E-state index contributed by atoms with van der Waals surface area (Å²) in [4.78, 5) is 13.3. The van der Waals surface area contributed by atoms with Gasteiger partial charge < -0.3 is 5.73 Å². The third-order valence-corrected chi connectivity index (χ3v) is 3.66. The van der Waals surface area contributed by atoms with E-state index in [1.165, 1.54) is 0 Å². The third kappa shape index (κ3) is 2.62. The van der Waals surface area contributed by atoms with Gasteiger partial charge in [0.1, 0.15) is 0 Å². The van der Waals surface area contributed by atoms with E-state index in [-0.39, 0.29) is 6.04 Å². The standard InChI is InChI=1S/C14H14N4S/c1-9(15)6-11-2-4-16-14(18-11)10-7-13-12(17-8-10)3-5-19-13/h2-5,7-9H,6,15H2,1H3. The predicted octanol–water partition coefficient (Wildman–Crippen LogP) is 2.64. The second kappa shape index (κ2) is 5.03. The van der Waals surface area contributed by atoms with E-state index in [1.807, 2.05) is 30.6 Å². The molecule has 1 atom stereocenters. The van der Waals surface area contributed by atoms with Crippen molar-refractivity contribution in [2.24, 2.45) is 5.73 Å². The van der Waals surface area contributed by atoms with Crippen LogP contribution in [0.1, 0.15) is 12.6 Å². The monoisotopic (exact) mass is 270 g/mol. The molecule has 19 heavy (non-hydrogen) atoms. The molecular formula is C14H14N4S. The highest BCUT2D eigenvalue weighted by Crippen LogP contribution is 2.23. The van der Waals surface area contributed by atoms with Crippen LogP contribution in [0.25, 0.3) is 21.6 Å². The lowest BCUT2D eigenvalue weighted by molar-refractivity contribution is 0.720. The van der Waals surface area contributed by atoms with E-state index >= 15 is 0 Å². The molecule has 0 bridgehead atoms. The number of pyridine rings is 1. The highest BCUT2D eigenvalue weighted by molar-refractivity contribution is 7.17. The molecule has 0 radical (unpaired) electrons. The lowest BCUT2D eigenvalue weighted by Crippen LogP contribution is -2.18. The average Bonchev–Trinajstić information content (AvgIpc) is 2.85. The molecule has 5 heteroatoms. The van der Waals surface area contributed by atoms with Crippen molar-refractivity contribution in [2.45, 2.75) is 19.4 Å². The minimum atomic E-state index is 0.0978. The van der Waals surface area contributed by atoms with Crippen molar-refractivity contribution in [3.8, 4) is 11.4 Å². The molecule has 0 aliphatic rings. The molecule has 3 rings (SSSR count). The van der Waals surface area contributed by atoms with Crippen LogP contribution < -0.4 is 5.73 Å². The number of aromatic nitrogens is 3. The molecule has 3 heterocycles. The SMILES string of the molecule is CC(N)Cc1ccnc(-c2cnc3ccsc3c2)n1. The van der Waals surface area contributed by atoms with Crippen LogP contribution in [-0.2, 0) is 6.42 Å². The van der Waals surface area contributed by atoms with Crippen molar-refractivity contribution in [1.82, 2.24) is 15.0 Å². The fourth-order valence-corrected chi connectivity index (χ4v) is 2.73. The van der Waals surface area contributed by atoms with Gasteiger partial charge in [-0.1, -0.05) is 0 Å². The van der Waals surface area contributed by atoms with Crippen LogP contribution >= 0.6 is 11.3 Å². The van der Waals surface area contributed by atoms with Gasteiger partial charge in [0, 0.05) is 36.1 Å². The van der Waals surface area contributed by atoms with Crippen LogP contribution in [0.4, 0.5) is 0 Å². The molecule has 3 aromatic heterocycles. The first-order valence-corrected chi connectivity index (χ1v) is 7.01. The van der Waals surface area contributed by atoms with Crippen molar-refractivity contribution >= 4 is 21.6 Å². The minimum Gasteiger partial charge on any atom is -0.328 e. The summed E-state index contributed by atoms with van der Waals surface area (Å²) in [5.41, 5.74) is 8.73. The summed E-state index contributed by atoms with van der Waals surface area (Å²) in [5.74, 6) is 0.709. The van der Waals surface area contributed by atoms with Gasteiger partial charge in [-0.05, 0) is 30.5 Å². The molecule has 96 valence electrons. The molecule has 0 fully saturated rings. The molecule has 0 spiro atoms. The minimum absolute atomic E-state index is 0.0978. The maximum Gasteiger partial charge on any atom is 0.160 e. The van der Waals surface area contributed by atoms with E-state index in [0.29, 0.717) is 5.82 Å². The number of hydrogen-bond acceptors (Lipinski definition) is 5. The summed E-state index contributed by atoms with van der Waals surface area (Å²) < 4.78 is 1.15. The Balaban J connectivity index is 2.00. The molecule has 0 aromatic carbocycles. The second-order valence-electron chi connectivity index (χ2n) is 4.58. The quantitative estimate of drug-likeness (QED) is 0.794. The van der Waals surface area contributed by atoms with Gasteiger partial charge in [0.2, 0.25) is 0 Å². The van der Waals surface area contributed by atoms with Gasteiger partial charge >= 0.3 is 0 Å². The van der Waals surface area contributed by atoms with Gasteiger partial charge in [0.25, 0.3) is 0 Å². The molecule has 0 saturated carbocycles. The zero-order valence-corrected chi connectivity index (χ0v) is 11.4. The van der Waals surface area contributed by atoms with E-state index in [2.05, 4.69) is 21.0 Å². The van der Waals surface area contributed by atoms with E-state index < -0.39 is 0 Å². The van der Waals surface area contributed by atoms with Crippen molar-refractivity contribution in [3.63, 3.8) is 0 Å². The van der Waals surface area contributed by atoms with E-state index in [4.69, 9.17) is 5.73 Å². The highest BCUT2D eigenvalue weighted by Gasteiger charge is 2.06. The summed E-state index contributed by atoms with van der Waals surface area (Å²) in [6.45, 7) is 1.97. The Kier molecular flexibility index (Phi) is 3.23. The third-order valence-electron chi connectivity index (χ3n) is 2.81. The van der Waals surface area contributed by atoms with Crippen molar-refractivity contribution in [1.29, 1.82) is 0 Å². The Hall–Kier alpha value is -1.85. The first-order chi connectivity index (χ1) is 9.22. The molecule has 0 amide bonds. The summed E-state index contributed by atoms with van der Waals surface area (Å²) in [6.07, 6.45) is 4.35. The van der Waals surface area contributed by atoms with Crippen LogP contribution in [0.3, 0.4) is 0 Å². The lowest BCUT2D eigenvalue weighted by atomic mass is 10.2. The summed E-state index contributed by atoms with van der Waals surface area (Å²) >= 11 is 1.67. The molecule has 3 aromatic rings. The van der Waals surface area contributed by atoms with Gasteiger partial charge in [-0.15, -0.1) is 11.3 Å². The van der Waals surface area contributed by atoms with Crippen LogP contribution in [0, 0.1) is 0 Å². The number of rotatable bonds is 3. The zero-order valence-electron chi connectivity index (χ0n) is 10.6. The average molecular weight is 270 g/mol. The van der Waals surface area contributed by atoms with Gasteiger partial charge in [-0.3, -0.25) is 4.98 Å². The molecule has 0 saturated heterocycles. The topological polar surface area (TPSA) is 64.7 Å². The van der Waals surface area contributed by atoms with Crippen LogP contribution in [0.5, 0.6) is 0 Å². The van der Waals surface area contributed by atoms with Crippen LogP contribution in [-0.4, -0.2) is 21.0 Å². The fraction of sp³-hybridized carbons (Fsp3) is 0.214. The summed E-state index contributed by atoms with van der Waals surface area (Å²) in [7, 11) is 0. The maximum absolute atomic E-state index is 5.80. The second-order valence-corrected chi connectivity index (χ2v) is 5.53. The van der Waals surface area contributed by atoms with Crippen molar-refractivity contribution in [2.75, 3.05) is 0 Å². The molecular weight excluding hydrogens is 256 g/mol. The Morgan fingerprint density at radius 2 is 2.21 bits per heavy atom. The zero-order chi connectivity index (χ0) is 13.2. The smallest absolute Gasteiger partial charge is 0.160 e. The lowest BCUT2D eigenvalue weighted by Gasteiger charge is -2.06. The van der Waals surface area contributed by atoms with E-state index in [0.717, 1.165) is 27.9 Å². The highest BCUT2D eigenvalue weighted by atomic mass is 32.1. The molecule has 0 aliphatic carbocycles. The van der Waals surface area contributed by atoms with Crippen molar-refractivity contribution in [3.05, 3.63) is 41.7 Å². The summed E-state index contributed by atoms with van der Waals surface area (Å²) in [5, 5.41) is 2.04. The largest absolute Gasteiger partial charge is 0.328 e. The maximum atomic E-state index is 5.80. The Morgan fingerprint density at radius 1 is 1.32 bits per heavy atom. The summed E-state index contributed by atoms with van der Waals surface area (Å²) in [6, 6.07) is 6.10. The Bertz CT molecular complexity index is 705.